The molecule has 1 aliphatic carbocycles. The Bertz CT molecular complexity index is 153. The van der Waals surface area contributed by atoms with Crippen LogP contribution in [0, 0.1) is 5.92 Å². The maximum Gasteiger partial charge on any atom is 0.0543 e. The summed E-state index contributed by atoms with van der Waals surface area (Å²) in [6, 6.07) is 0. The summed E-state index contributed by atoms with van der Waals surface area (Å²) in [5.74, 6) is 0.673. The Balaban J connectivity index is 1.90. The van der Waals surface area contributed by atoms with Crippen LogP contribution in [0.15, 0.2) is 0 Å². The van der Waals surface area contributed by atoms with Gasteiger partial charge in [0.2, 0.25) is 0 Å². The van der Waals surface area contributed by atoms with E-state index in [9.17, 15) is 5.11 Å². The van der Waals surface area contributed by atoms with Gasteiger partial charge in [-0.15, -0.1) is 0 Å². The van der Waals surface area contributed by atoms with Crippen LogP contribution >= 0.6 is 0 Å². The molecule has 3 N–H and O–H groups in total. The minimum Gasteiger partial charge on any atom is -0.396 e. The standard InChI is InChI=1S/C12H25NO2/c14-8-3-1-2-7-13-10-11-5-4-6-12(15)9-11/h11-15H,1-10H2. The molecular weight excluding hydrogens is 190 g/mol. The van der Waals surface area contributed by atoms with E-state index in [0.717, 1.165) is 45.2 Å². The first-order valence-corrected chi connectivity index (χ1v) is 6.32. The molecule has 90 valence electrons. The molecule has 1 aliphatic rings. The second-order valence-electron chi connectivity index (χ2n) is 4.67. The van der Waals surface area contributed by atoms with E-state index in [-0.39, 0.29) is 6.10 Å². The maximum atomic E-state index is 9.50. The van der Waals surface area contributed by atoms with Crippen LogP contribution in [0.2, 0.25) is 0 Å². The van der Waals surface area contributed by atoms with Gasteiger partial charge in [0, 0.05) is 6.61 Å². The third-order valence-corrected chi connectivity index (χ3v) is 3.20. The van der Waals surface area contributed by atoms with Gasteiger partial charge in [-0.1, -0.05) is 6.42 Å². The van der Waals surface area contributed by atoms with Crippen molar-refractivity contribution in [1.82, 2.24) is 5.32 Å². The molecule has 1 fully saturated rings. The Morgan fingerprint density at radius 1 is 1.13 bits per heavy atom. The van der Waals surface area contributed by atoms with Gasteiger partial charge >= 0.3 is 0 Å². The van der Waals surface area contributed by atoms with Gasteiger partial charge in [-0.2, -0.15) is 0 Å². The van der Waals surface area contributed by atoms with Crippen LogP contribution in [0.4, 0.5) is 0 Å². The van der Waals surface area contributed by atoms with Gasteiger partial charge in [-0.05, 0) is 57.5 Å². The number of rotatable bonds is 7. The first kappa shape index (κ1) is 12.9. The Morgan fingerprint density at radius 2 is 2.00 bits per heavy atom. The van der Waals surface area contributed by atoms with Crippen molar-refractivity contribution in [3.8, 4) is 0 Å². The van der Waals surface area contributed by atoms with Crippen LogP contribution in [0.25, 0.3) is 0 Å². The highest BCUT2D eigenvalue weighted by atomic mass is 16.3. The predicted molar refractivity (Wildman–Crippen MR) is 61.8 cm³/mol. The Labute approximate surface area is 92.9 Å². The topological polar surface area (TPSA) is 52.5 Å². The van der Waals surface area contributed by atoms with Gasteiger partial charge in [0.25, 0.3) is 0 Å². The molecule has 0 spiro atoms. The number of aliphatic hydroxyl groups excluding tert-OH is 2. The first-order chi connectivity index (χ1) is 7.33. The average molecular weight is 215 g/mol. The molecule has 1 rings (SSSR count). The van der Waals surface area contributed by atoms with Crippen molar-refractivity contribution in [3.05, 3.63) is 0 Å². The van der Waals surface area contributed by atoms with Gasteiger partial charge in [-0.3, -0.25) is 0 Å². The lowest BCUT2D eigenvalue weighted by molar-refractivity contribution is 0.101. The zero-order chi connectivity index (χ0) is 10.9. The zero-order valence-electron chi connectivity index (χ0n) is 9.62. The normalized spacial score (nSPS) is 26.8. The minimum absolute atomic E-state index is 0.0556. The molecule has 0 aromatic rings. The summed E-state index contributed by atoms with van der Waals surface area (Å²) < 4.78 is 0. The SMILES string of the molecule is OCCCCCNCC1CCCC(O)C1. The summed E-state index contributed by atoms with van der Waals surface area (Å²) in [7, 11) is 0. The molecule has 0 radical (unpaired) electrons. The maximum absolute atomic E-state index is 9.50. The second kappa shape index (κ2) is 8.08. The van der Waals surface area contributed by atoms with E-state index < -0.39 is 0 Å². The van der Waals surface area contributed by atoms with Gasteiger partial charge in [0.1, 0.15) is 0 Å². The Morgan fingerprint density at radius 3 is 2.73 bits per heavy atom. The van der Waals surface area contributed by atoms with Crippen LogP contribution in [0.3, 0.4) is 0 Å². The van der Waals surface area contributed by atoms with Crippen LogP contribution < -0.4 is 5.32 Å². The van der Waals surface area contributed by atoms with Crippen molar-refractivity contribution in [2.75, 3.05) is 19.7 Å². The molecule has 2 atom stereocenters. The molecule has 0 aromatic carbocycles. The van der Waals surface area contributed by atoms with Crippen molar-refractivity contribution in [3.63, 3.8) is 0 Å². The fraction of sp³-hybridized carbons (Fsp3) is 1.00. The van der Waals surface area contributed by atoms with Crippen molar-refractivity contribution < 1.29 is 10.2 Å². The van der Waals surface area contributed by atoms with Gasteiger partial charge < -0.3 is 15.5 Å². The fourth-order valence-corrected chi connectivity index (χ4v) is 2.29. The quantitative estimate of drug-likeness (QED) is 0.561. The van der Waals surface area contributed by atoms with Crippen molar-refractivity contribution >= 4 is 0 Å². The molecule has 3 nitrogen and oxygen atoms in total. The molecule has 1 saturated carbocycles. The van der Waals surface area contributed by atoms with E-state index in [1.54, 1.807) is 0 Å². The van der Waals surface area contributed by atoms with E-state index >= 15 is 0 Å². The van der Waals surface area contributed by atoms with Gasteiger partial charge in [0.15, 0.2) is 0 Å². The summed E-state index contributed by atoms with van der Waals surface area (Å²) in [4.78, 5) is 0. The fourth-order valence-electron chi connectivity index (χ4n) is 2.29. The lowest BCUT2D eigenvalue weighted by Gasteiger charge is -2.25. The molecule has 0 amide bonds. The predicted octanol–water partition coefficient (Wildman–Crippen LogP) is 1.29. The van der Waals surface area contributed by atoms with E-state index in [0.29, 0.717) is 12.5 Å². The summed E-state index contributed by atoms with van der Waals surface area (Å²) in [6.45, 7) is 2.41. The molecule has 0 bridgehead atoms. The zero-order valence-corrected chi connectivity index (χ0v) is 9.62. The first-order valence-electron chi connectivity index (χ1n) is 6.32. The smallest absolute Gasteiger partial charge is 0.0543 e. The highest BCUT2D eigenvalue weighted by Gasteiger charge is 2.19. The number of hydrogen-bond donors (Lipinski definition) is 3. The van der Waals surface area contributed by atoms with Gasteiger partial charge in [-0.25, -0.2) is 0 Å². The Kier molecular flexibility index (Phi) is 6.98. The molecular formula is C12H25NO2. The summed E-state index contributed by atoms with van der Waals surface area (Å²) >= 11 is 0. The number of hydrogen-bond acceptors (Lipinski definition) is 3. The molecule has 2 unspecified atom stereocenters. The highest BCUT2D eigenvalue weighted by molar-refractivity contribution is 4.73. The third-order valence-electron chi connectivity index (χ3n) is 3.20. The molecule has 15 heavy (non-hydrogen) atoms. The van der Waals surface area contributed by atoms with Crippen LogP contribution in [0.1, 0.15) is 44.9 Å². The van der Waals surface area contributed by atoms with E-state index in [2.05, 4.69) is 5.32 Å². The lowest BCUT2D eigenvalue weighted by Crippen LogP contribution is -2.29. The molecule has 0 aliphatic heterocycles. The summed E-state index contributed by atoms with van der Waals surface area (Å²) in [5.41, 5.74) is 0. The molecule has 0 heterocycles. The average Bonchev–Trinajstić information content (AvgIpc) is 2.23. The minimum atomic E-state index is -0.0556. The number of unbranched alkanes of at least 4 members (excludes halogenated alkanes) is 2. The largest absolute Gasteiger partial charge is 0.396 e. The molecule has 0 aromatic heterocycles. The summed E-state index contributed by atoms with van der Waals surface area (Å²) in [5, 5.41) is 21.5. The van der Waals surface area contributed by atoms with Crippen molar-refractivity contribution in [2.24, 2.45) is 5.92 Å². The van der Waals surface area contributed by atoms with Crippen molar-refractivity contribution in [1.29, 1.82) is 0 Å². The monoisotopic (exact) mass is 215 g/mol. The van der Waals surface area contributed by atoms with Crippen LogP contribution in [-0.2, 0) is 0 Å². The van der Waals surface area contributed by atoms with E-state index in [4.69, 9.17) is 5.11 Å². The Hall–Kier alpha value is -0.120. The number of aliphatic hydroxyl groups is 2. The van der Waals surface area contributed by atoms with E-state index in [1.807, 2.05) is 0 Å². The van der Waals surface area contributed by atoms with Gasteiger partial charge in [0.05, 0.1) is 6.10 Å². The highest BCUT2D eigenvalue weighted by Crippen LogP contribution is 2.23. The molecule has 3 heteroatoms. The van der Waals surface area contributed by atoms with Crippen molar-refractivity contribution in [2.45, 2.75) is 51.0 Å². The lowest BCUT2D eigenvalue weighted by atomic mass is 9.87. The molecule has 0 saturated heterocycles. The summed E-state index contributed by atoms with van der Waals surface area (Å²) in [6.07, 6.45) is 7.53. The number of nitrogens with one attached hydrogen (secondary N) is 1. The van der Waals surface area contributed by atoms with Crippen LogP contribution in [-0.4, -0.2) is 36.0 Å². The van der Waals surface area contributed by atoms with E-state index in [1.165, 1.54) is 12.8 Å². The second-order valence-corrected chi connectivity index (χ2v) is 4.67. The van der Waals surface area contributed by atoms with Crippen LogP contribution in [0.5, 0.6) is 0 Å². The third kappa shape index (κ3) is 6.13.